The number of aryl methyl sites for hydroxylation is 2. The molecule has 0 aliphatic carbocycles. The fourth-order valence-corrected chi connectivity index (χ4v) is 4.19. The molecule has 0 fully saturated rings. The first kappa shape index (κ1) is 15.8. The Bertz CT molecular complexity index is 702. The van der Waals surface area contributed by atoms with Gasteiger partial charge in [0, 0.05) is 18.7 Å². The van der Waals surface area contributed by atoms with E-state index in [4.69, 9.17) is 14.6 Å². The van der Waals surface area contributed by atoms with E-state index in [1.807, 2.05) is 0 Å². The van der Waals surface area contributed by atoms with Gasteiger partial charge in [0.15, 0.2) is 0 Å². The van der Waals surface area contributed by atoms with Gasteiger partial charge in [-0.25, -0.2) is 8.42 Å². The molecule has 0 aliphatic rings. The number of hydrogen-bond acceptors (Lipinski definition) is 5. The highest BCUT2D eigenvalue weighted by Crippen LogP contribution is 2.29. The minimum atomic E-state index is -3.68. The van der Waals surface area contributed by atoms with Crippen molar-refractivity contribution in [1.29, 1.82) is 0 Å². The average molecular weight is 312 g/mol. The third-order valence-electron chi connectivity index (χ3n) is 3.39. The van der Waals surface area contributed by atoms with Gasteiger partial charge >= 0.3 is 0 Å². The fourth-order valence-electron chi connectivity index (χ4n) is 2.36. The molecule has 0 unspecified atom stereocenters. The summed E-state index contributed by atoms with van der Waals surface area (Å²) in [6, 6.07) is 3.48. The molecule has 0 aromatic carbocycles. The molecule has 0 spiro atoms. The van der Waals surface area contributed by atoms with Crippen molar-refractivity contribution in [3.05, 3.63) is 41.2 Å². The third-order valence-corrected chi connectivity index (χ3v) is 5.51. The van der Waals surface area contributed by atoms with Gasteiger partial charge in [-0.2, -0.15) is 4.31 Å². The molecule has 0 bridgehead atoms. The molecule has 0 aliphatic heterocycles. The number of sulfonamides is 1. The lowest BCUT2D eigenvalue weighted by Crippen LogP contribution is -2.31. The van der Waals surface area contributed by atoms with E-state index in [-0.39, 0.29) is 18.0 Å². The molecule has 0 saturated heterocycles. The monoisotopic (exact) mass is 312 g/mol. The maximum atomic E-state index is 12.9. The van der Waals surface area contributed by atoms with Crippen LogP contribution in [0.4, 0.5) is 0 Å². The SMILES string of the molecule is CCN(Cc1ccco1)S(=O)(=O)c1c(C)oc(C)c1CN. The zero-order chi connectivity index (χ0) is 15.6. The van der Waals surface area contributed by atoms with E-state index >= 15 is 0 Å². The molecule has 0 amide bonds. The number of nitrogens with two attached hydrogens (primary N) is 1. The molecule has 0 saturated carbocycles. The molecule has 2 aromatic heterocycles. The van der Waals surface area contributed by atoms with Crippen LogP contribution in [-0.4, -0.2) is 19.3 Å². The van der Waals surface area contributed by atoms with Crippen molar-refractivity contribution in [2.24, 2.45) is 5.73 Å². The zero-order valence-electron chi connectivity index (χ0n) is 12.4. The van der Waals surface area contributed by atoms with E-state index in [2.05, 4.69) is 0 Å². The van der Waals surface area contributed by atoms with E-state index in [0.717, 1.165) is 0 Å². The lowest BCUT2D eigenvalue weighted by atomic mass is 10.2. The van der Waals surface area contributed by atoms with Crippen LogP contribution >= 0.6 is 0 Å². The summed E-state index contributed by atoms with van der Waals surface area (Å²) in [6.45, 7) is 5.77. The number of hydrogen-bond donors (Lipinski definition) is 1. The fraction of sp³-hybridized carbons (Fsp3) is 0.429. The minimum Gasteiger partial charge on any atom is -0.468 e. The average Bonchev–Trinajstić information content (AvgIpc) is 3.02. The summed E-state index contributed by atoms with van der Waals surface area (Å²) < 4.78 is 37.8. The van der Waals surface area contributed by atoms with Crippen LogP contribution in [0, 0.1) is 13.8 Å². The standard InChI is InChI=1S/C14H20N2O4S/c1-4-16(9-12-6-5-7-19-12)21(17,18)14-11(3)20-10(2)13(14)8-15/h5-7H,4,8-9,15H2,1-3H3. The second kappa shape index (κ2) is 6.05. The number of nitrogens with zero attached hydrogens (tertiary/aromatic N) is 1. The predicted octanol–water partition coefficient (Wildman–Crippen LogP) is 2.16. The largest absolute Gasteiger partial charge is 0.468 e. The van der Waals surface area contributed by atoms with Crippen LogP contribution in [0.5, 0.6) is 0 Å². The number of furan rings is 2. The summed E-state index contributed by atoms with van der Waals surface area (Å²) in [5.74, 6) is 1.50. The Kier molecular flexibility index (Phi) is 4.55. The molecule has 2 heterocycles. The van der Waals surface area contributed by atoms with Crippen molar-refractivity contribution < 1.29 is 17.3 Å². The topological polar surface area (TPSA) is 89.7 Å². The predicted molar refractivity (Wildman–Crippen MR) is 78.1 cm³/mol. The van der Waals surface area contributed by atoms with E-state index < -0.39 is 10.0 Å². The Balaban J connectivity index is 2.44. The van der Waals surface area contributed by atoms with Gasteiger partial charge in [-0.15, -0.1) is 0 Å². The summed E-state index contributed by atoms with van der Waals surface area (Å²) in [6.07, 6.45) is 1.52. The molecular weight excluding hydrogens is 292 g/mol. The van der Waals surface area contributed by atoms with E-state index in [0.29, 0.717) is 29.4 Å². The van der Waals surface area contributed by atoms with Crippen LogP contribution in [-0.2, 0) is 23.1 Å². The summed E-state index contributed by atoms with van der Waals surface area (Å²) in [5, 5.41) is 0. The molecular formula is C14H20N2O4S. The molecule has 2 N–H and O–H groups in total. The molecule has 0 atom stereocenters. The van der Waals surface area contributed by atoms with Crippen LogP contribution in [0.2, 0.25) is 0 Å². The van der Waals surface area contributed by atoms with Gasteiger partial charge in [-0.3, -0.25) is 0 Å². The van der Waals surface area contributed by atoms with Crippen molar-refractivity contribution in [2.45, 2.75) is 38.8 Å². The van der Waals surface area contributed by atoms with Crippen molar-refractivity contribution in [3.63, 3.8) is 0 Å². The summed E-state index contributed by atoms with van der Waals surface area (Å²) in [5.41, 5.74) is 6.21. The van der Waals surface area contributed by atoms with Crippen LogP contribution in [0.15, 0.2) is 32.1 Å². The van der Waals surface area contributed by atoms with Crippen molar-refractivity contribution >= 4 is 10.0 Å². The highest BCUT2D eigenvalue weighted by atomic mass is 32.2. The molecule has 2 aromatic rings. The lowest BCUT2D eigenvalue weighted by molar-refractivity contribution is 0.374. The highest BCUT2D eigenvalue weighted by molar-refractivity contribution is 7.89. The quantitative estimate of drug-likeness (QED) is 0.882. The van der Waals surface area contributed by atoms with Crippen molar-refractivity contribution in [1.82, 2.24) is 4.31 Å². The Labute approximate surface area is 124 Å². The Morgan fingerprint density at radius 2 is 2.00 bits per heavy atom. The minimum absolute atomic E-state index is 0.121. The highest BCUT2D eigenvalue weighted by Gasteiger charge is 2.31. The molecule has 21 heavy (non-hydrogen) atoms. The van der Waals surface area contributed by atoms with Gasteiger partial charge in [0.1, 0.15) is 22.2 Å². The summed E-state index contributed by atoms with van der Waals surface area (Å²) in [4.78, 5) is 0.177. The molecule has 7 heteroatoms. The first-order valence-corrected chi connectivity index (χ1v) is 8.17. The zero-order valence-corrected chi connectivity index (χ0v) is 13.2. The number of rotatable bonds is 6. The second-order valence-electron chi connectivity index (χ2n) is 4.74. The Hall–Kier alpha value is -1.57. The van der Waals surface area contributed by atoms with E-state index in [9.17, 15) is 8.42 Å². The van der Waals surface area contributed by atoms with Gasteiger partial charge in [0.05, 0.1) is 12.8 Å². The van der Waals surface area contributed by atoms with Gasteiger partial charge in [-0.05, 0) is 26.0 Å². The van der Waals surface area contributed by atoms with Crippen LogP contribution in [0.1, 0.15) is 29.8 Å². The van der Waals surface area contributed by atoms with E-state index in [1.165, 1.54) is 10.6 Å². The normalized spacial score (nSPS) is 12.2. The summed E-state index contributed by atoms with van der Waals surface area (Å²) >= 11 is 0. The van der Waals surface area contributed by atoms with Gasteiger partial charge < -0.3 is 14.6 Å². The Morgan fingerprint density at radius 3 is 2.52 bits per heavy atom. The molecule has 2 rings (SSSR count). The van der Waals surface area contributed by atoms with Gasteiger partial charge in [-0.1, -0.05) is 6.92 Å². The third kappa shape index (κ3) is 2.90. The van der Waals surface area contributed by atoms with Crippen molar-refractivity contribution in [2.75, 3.05) is 6.54 Å². The van der Waals surface area contributed by atoms with Gasteiger partial charge in [0.2, 0.25) is 10.0 Å². The summed E-state index contributed by atoms with van der Waals surface area (Å²) in [7, 11) is -3.68. The lowest BCUT2D eigenvalue weighted by Gasteiger charge is -2.19. The van der Waals surface area contributed by atoms with Crippen molar-refractivity contribution in [3.8, 4) is 0 Å². The molecule has 0 radical (unpaired) electrons. The molecule has 6 nitrogen and oxygen atoms in total. The first-order valence-electron chi connectivity index (χ1n) is 6.73. The van der Waals surface area contributed by atoms with E-state index in [1.54, 1.807) is 32.9 Å². The molecule has 116 valence electrons. The van der Waals surface area contributed by atoms with Crippen LogP contribution in [0.25, 0.3) is 0 Å². The maximum absolute atomic E-state index is 12.9. The van der Waals surface area contributed by atoms with Gasteiger partial charge in [0.25, 0.3) is 0 Å². The second-order valence-corrected chi connectivity index (χ2v) is 6.61. The Morgan fingerprint density at radius 1 is 1.29 bits per heavy atom. The maximum Gasteiger partial charge on any atom is 0.247 e. The first-order chi connectivity index (χ1) is 9.91. The van der Waals surface area contributed by atoms with Crippen LogP contribution < -0.4 is 5.73 Å². The van der Waals surface area contributed by atoms with Crippen LogP contribution in [0.3, 0.4) is 0 Å². The smallest absolute Gasteiger partial charge is 0.247 e.